The van der Waals surface area contributed by atoms with Crippen LogP contribution in [0, 0.1) is 0 Å². The van der Waals surface area contributed by atoms with Gasteiger partial charge in [-0.1, -0.05) is 18.2 Å². The van der Waals surface area contributed by atoms with E-state index >= 15 is 0 Å². The highest BCUT2D eigenvalue weighted by Gasteiger charge is 2.45. The van der Waals surface area contributed by atoms with E-state index in [2.05, 4.69) is 10.3 Å². The van der Waals surface area contributed by atoms with Gasteiger partial charge in [0.2, 0.25) is 11.0 Å². The Bertz CT molecular complexity index is 1670. The molecule has 41 heavy (non-hydrogen) atoms. The number of amides is 1. The minimum Gasteiger partial charge on any atom is -0.507 e. The second kappa shape index (κ2) is 10.8. The average Bonchev–Trinajstić information content (AvgIpc) is 3.58. The van der Waals surface area contributed by atoms with Crippen LogP contribution in [-0.4, -0.2) is 66.3 Å². The molecule has 0 aliphatic carbocycles. The van der Waals surface area contributed by atoms with E-state index in [0.717, 1.165) is 16.4 Å². The number of halogens is 3. The molecule has 0 bridgehead atoms. The summed E-state index contributed by atoms with van der Waals surface area (Å²) in [5.41, 5.74) is 0.293. The number of hydrogen-bond acceptors (Lipinski definition) is 7. The smallest absolute Gasteiger partial charge is 0.416 e. The molecule has 0 unspecified atom stereocenters. The summed E-state index contributed by atoms with van der Waals surface area (Å²) in [5.74, 6) is -1.09. The number of sulfonamides is 1. The highest BCUT2D eigenvalue weighted by Crippen LogP contribution is 2.36. The van der Waals surface area contributed by atoms with Crippen molar-refractivity contribution in [3.05, 3.63) is 78.0 Å². The molecule has 2 aromatic heterocycles. The summed E-state index contributed by atoms with van der Waals surface area (Å²) in [5, 5.41) is 13.3. The molecule has 1 saturated heterocycles. The number of phenolic OH excluding ortho intramolecular Hbond substituents is 1. The number of alkyl halides is 3. The van der Waals surface area contributed by atoms with Crippen LogP contribution in [-0.2, 0) is 27.5 Å². The number of fused-ring (bicyclic) bond motifs is 1. The number of pyridine rings is 1. The molecule has 1 aliphatic rings. The van der Waals surface area contributed by atoms with Crippen molar-refractivity contribution in [1.82, 2.24) is 19.5 Å². The van der Waals surface area contributed by atoms with Crippen molar-refractivity contribution in [1.29, 1.82) is 0 Å². The average molecular weight is 589 g/mol. The predicted molar refractivity (Wildman–Crippen MR) is 144 cm³/mol. The zero-order valence-corrected chi connectivity index (χ0v) is 22.9. The molecule has 13 heteroatoms. The van der Waals surface area contributed by atoms with Crippen molar-refractivity contribution < 1.29 is 35.9 Å². The van der Waals surface area contributed by atoms with Gasteiger partial charge in [-0.3, -0.25) is 9.78 Å². The fourth-order valence-corrected chi connectivity index (χ4v) is 6.41. The Kier molecular flexibility index (Phi) is 7.53. The third-order valence-corrected chi connectivity index (χ3v) is 8.86. The largest absolute Gasteiger partial charge is 0.507 e. The molecule has 2 N–H and O–H groups in total. The Morgan fingerprint density at radius 3 is 2.59 bits per heavy atom. The fourth-order valence-electron chi connectivity index (χ4n) is 4.83. The number of aromatic hydroxyl groups is 1. The zero-order chi connectivity index (χ0) is 29.5. The van der Waals surface area contributed by atoms with Gasteiger partial charge in [0.25, 0.3) is 10.0 Å². The number of furan rings is 1. The van der Waals surface area contributed by atoms with E-state index in [-0.39, 0.29) is 41.9 Å². The van der Waals surface area contributed by atoms with Gasteiger partial charge in [0, 0.05) is 42.3 Å². The minimum absolute atomic E-state index is 0.00257. The molecule has 3 heterocycles. The van der Waals surface area contributed by atoms with Gasteiger partial charge in [-0.2, -0.15) is 17.5 Å². The summed E-state index contributed by atoms with van der Waals surface area (Å²) < 4.78 is 72.9. The molecular weight excluding hydrogens is 561 g/mol. The summed E-state index contributed by atoms with van der Waals surface area (Å²) in [6.45, 7) is 0.0917. The van der Waals surface area contributed by atoms with Crippen LogP contribution in [0.25, 0.3) is 22.2 Å². The van der Waals surface area contributed by atoms with E-state index < -0.39 is 39.5 Å². The zero-order valence-electron chi connectivity index (χ0n) is 22.1. The van der Waals surface area contributed by atoms with Crippen LogP contribution in [0.5, 0.6) is 5.75 Å². The highest BCUT2D eigenvalue weighted by molar-refractivity contribution is 7.89. The third kappa shape index (κ3) is 5.78. The molecule has 5 rings (SSSR count). The van der Waals surface area contributed by atoms with Crippen LogP contribution in [0.1, 0.15) is 17.5 Å². The minimum atomic E-state index is -4.60. The van der Waals surface area contributed by atoms with Crippen LogP contribution in [0.2, 0.25) is 0 Å². The Morgan fingerprint density at radius 2 is 1.90 bits per heavy atom. The number of para-hydroxylation sites is 1. The van der Waals surface area contributed by atoms with Crippen molar-refractivity contribution >= 4 is 26.9 Å². The molecule has 2 atom stereocenters. The van der Waals surface area contributed by atoms with Gasteiger partial charge >= 0.3 is 6.18 Å². The molecule has 1 fully saturated rings. The maximum atomic E-state index is 13.6. The Balaban J connectivity index is 1.35. The number of carbonyl (C=O) groups excluding carboxylic acids is 1. The fraction of sp³-hybridized carbons (Fsp3) is 0.286. The molecular formula is C28H27F3N4O5S. The van der Waals surface area contributed by atoms with E-state index in [1.54, 1.807) is 30.3 Å². The maximum absolute atomic E-state index is 13.6. The molecule has 0 radical (unpaired) electrons. The van der Waals surface area contributed by atoms with Gasteiger partial charge in [0.15, 0.2) is 0 Å². The number of rotatable bonds is 7. The highest BCUT2D eigenvalue weighted by atomic mass is 32.2. The van der Waals surface area contributed by atoms with E-state index in [0.29, 0.717) is 22.6 Å². The lowest BCUT2D eigenvalue weighted by molar-refractivity contribution is -0.137. The van der Waals surface area contributed by atoms with E-state index in [1.807, 2.05) is 19.0 Å². The number of benzene rings is 2. The van der Waals surface area contributed by atoms with Crippen molar-refractivity contribution in [3.8, 4) is 17.0 Å². The second-order valence-electron chi connectivity index (χ2n) is 10.0. The third-order valence-electron chi connectivity index (χ3n) is 7.12. The van der Waals surface area contributed by atoms with E-state index in [4.69, 9.17) is 4.42 Å². The second-order valence-corrected chi connectivity index (χ2v) is 11.9. The van der Waals surface area contributed by atoms with Gasteiger partial charge in [-0.05, 0) is 62.5 Å². The number of likely N-dealkylation sites (N-methyl/N-ethyl adjacent to an activating group) is 1. The van der Waals surface area contributed by atoms with Gasteiger partial charge in [0.05, 0.1) is 11.3 Å². The molecule has 1 aliphatic heterocycles. The Labute approximate surface area is 234 Å². The summed E-state index contributed by atoms with van der Waals surface area (Å²) >= 11 is 0. The monoisotopic (exact) mass is 588 g/mol. The van der Waals surface area contributed by atoms with Crippen molar-refractivity contribution in [2.75, 3.05) is 20.6 Å². The Hall–Kier alpha value is -3.94. The number of carbonyl (C=O) groups is 1. The normalized spacial score (nSPS) is 18.3. The summed E-state index contributed by atoms with van der Waals surface area (Å²) in [6, 6.07) is 12.9. The summed E-state index contributed by atoms with van der Waals surface area (Å²) in [6.07, 6.45) is -2.93. The number of aromatic nitrogens is 1. The first kappa shape index (κ1) is 28.6. The van der Waals surface area contributed by atoms with E-state index in [9.17, 15) is 31.5 Å². The van der Waals surface area contributed by atoms with Crippen LogP contribution in [0.3, 0.4) is 0 Å². The van der Waals surface area contributed by atoms with Gasteiger partial charge in [0.1, 0.15) is 17.4 Å². The van der Waals surface area contributed by atoms with Crippen molar-refractivity contribution in [3.63, 3.8) is 0 Å². The molecule has 0 saturated carbocycles. The lowest BCUT2D eigenvalue weighted by atomic mass is 10.0. The van der Waals surface area contributed by atoms with Crippen LogP contribution >= 0.6 is 0 Å². The van der Waals surface area contributed by atoms with Crippen LogP contribution in [0.4, 0.5) is 13.2 Å². The number of nitrogens with zero attached hydrogens (tertiary/aromatic N) is 3. The number of nitrogens with one attached hydrogen (secondary N) is 1. The van der Waals surface area contributed by atoms with Gasteiger partial charge in [-0.25, -0.2) is 8.42 Å². The van der Waals surface area contributed by atoms with Crippen LogP contribution < -0.4 is 5.32 Å². The molecule has 2 aromatic carbocycles. The lowest BCUT2D eigenvalue weighted by Gasteiger charge is -2.22. The van der Waals surface area contributed by atoms with Crippen molar-refractivity contribution in [2.24, 2.45) is 0 Å². The first-order valence-corrected chi connectivity index (χ1v) is 14.1. The Morgan fingerprint density at radius 1 is 1.15 bits per heavy atom. The molecule has 9 nitrogen and oxygen atoms in total. The van der Waals surface area contributed by atoms with Crippen molar-refractivity contribution in [2.45, 2.75) is 36.3 Å². The molecule has 216 valence electrons. The maximum Gasteiger partial charge on any atom is 0.416 e. The van der Waals surface area contributed by atoms with Gasteiger partial charge in [-0.15, -0.1) is 0 Å². The standard InChI is InChI=1S/C28H27F3N4O5S/c1-34(2)20-14-23(35(16-20)41(38,39)26-12-18-5-3-4-6-25(18)40-26)27(37)33-15-17-9-10-32-22(11-17)21-8-7-19(13-24(21)36)28(29,30)31/h3-13,20,23,36H,14-16H2,1-2H3,(H,33,37)/t20-,23+/m1/s1. The molecule has 1 amide bonds. The quantitative estimate of drug-likeness (QED) is 0.332. The van der Waals surface area contributed by atoms with E-state index in [1.165, 1.54) is 18.3 Å². The number of phenols is 1. The summed E-state index contributed by atoms with van der Waals surface area (Å²) in [7, 11) is -0.521. The molecule has 4 aromatic rings. The first-order valence-electron chi connectivity index (χ1n) is 12.6. The molecule has 0 spiro atoms. The lowest BCUT2D eigenvalue weighted by Crippen LogP contribution is -2.45. The van der Waals surface area contributed by atoms with Crippen LogP contribution in [0.15, 0.2) is 76.4 Å². The van der Waals surface area contributed by atoms with Gasteiger partial charge < -0.3 is 19.7 Å². The topological polar surface area (TPSA) is 116 Å². The summed E-state index contributed by atoms with van der Waals surface area (Å²) in [4.78, 5) is 19.4. The SMILES string of the molecule is CN(C)[C@@H]1C[C@@H](C(=O)NCc2ccnc(-c3ccc(C(F)(F)F)cc3O)c2)N(S(=O)(=O)c2cc3ccccc3o2)C1. The number of hydrogen-bond donors (Lipinski definition) is 2. The first-order chi connectivity index (χ1) is 19.3. The predicted octanol–water partition coefficient (Wildman–Crippen LogP) is 4.23.